The Hall–Kier alpha value is -2.32. The first-order valence-electron chi connectivity index (χ1n) is 12.0. The van der Waals surface area contributed by atoms with Crippen molar-refractivity contribution in [2.75, 3.05) is 16.4 Å². The maximum Gasteiger partial charge on any atom is 0.248 e. The van der Waals surface area contributed by atoms with Crippen LogP contribution in [0.15, 0.2) is 59.6 Å². The van der Waals surface area contributed by atoms with Crippen LogP contribution in [0.2, 0.25) is 0 Å². The fourth-order valence-corrected chi connectivity index (χ4v) is 9.03. The van der Waals surface area contributed by atoms with Crippen LogP contribution in [0.5, 0.6) is 5.75 Å². The average Bonchev–Trinajstić information content (AvgIpc) is 3.52. The van der Waals surface area contributed by atoms with Crippen molar-refractivity contribution in [3.05, 3.63) is 60.2 Å². The van der Waals surface area contributed by atoms with Crippen molar-refractivity contribution in [1.29, 1.82) is 0 Å². The minimum atomic E-state index is -3.09. The minimum absolute atomic E-state index is 0.0895. The number of nitrogens with zero attached hydrogens (tertiary/aromatic N) is 2. The Bertz CT molecular complexity index is 1140. The number of hydrogen-bond acceptors (Lipinski definition) is 5. The van der Waals surface area contributed by atoms with Gasteiger partial charge in [0.2, 0.25) is 5.91 Å². The van der Waals surface area contributed by atoms with Gasteiger partial charge in [0.15, 0.2) is 15.0 Å². The highest BCUT2D eigenvalue weighted by Crippen LogP contribution is 2.41. The van der Waals surface area contributed by atoms with Crippen LogP contribution < -0.4 is 9.64 Å². The lowest BCUT2D eigenvalue weighted by molar-refractivity contribution is -0.118. The fraction of sp³-hybridized carbons (Fsp3) is 0.462. The van der Waals surface area contributed by atoms with Crippen molar-refractivity contribution >= 4 is 38.4 Å². The van der Waals surface area contributed by atoms with Crippen molar-refractivity contribution in [2.45, 2.75) is 56.4 Å². The quantitative estimate of drug-likeness (QED) is 0.544. The summed E-state index contributed by atoms with van der Waals surface area (Å²) in [5, 5.41) is 0.527. The van der Waals surface area contributed by atoms with E-state index in [1.807, 2.05) is 59.5 Å². The molecule has 2 aromatic rings. The molecule has 5 rings (SSSR count). The molecule has 3 fully saturated rings. The Morgan fingerprint density at radius 1 is 1.03 bits per heavy atom. The second-order valence-electron chi connectivity index (χ2n) is 9.42. The van der Waals surface area contributed by atoms with E-state index in [0.29, 0.717) is 24.1 Å². The SMILES string of the molecule is O=C(CCC1CCCC1)N=C1S[C@@H]2CS(=O)(=O)C[C@@H]2N1c1ccc(OCc2ccccc2)cc1. The molecule has 3 aliphatic rings. The number of anilines is 1. The predicted octanol–water partition coefficient (Wildman–Crippen LogP) is 4.84. The Morgan fingerprint density at radius 3 is 2.50 bits per heavy atom. The highest BCUT2D eigenvalue weighted by atomic mass is 32.2. The number of ether oxygens (including phenoxy) is 1. The van der Waals surface area contributed by atoms with Gasteiger partial charge in [-0.2, -0.15) is 4.99 Å². The summed E-state index contributed by atoms with van der Waals surface area (Å²) in [5.74, 6) is 1.49. The molecule has 0 spiro atoms. The number of benzene rings is 2. The van der Waals surface area contributed by atoms with Gasteiger partial charge in [-0.3, -0.25) is 4.79 Å². The molecule has 2 heterocycles. The number of rotatable bonds is 7. The van der Waals surface area contributed by atoms with Crippen LogP contribution in [-0.4, -0.2) is 42.3 Å². The van der Waals surface area contributed by atoms with Gasteiger partial charge in [-0.05, 0) is 42.2 Å². The lowest BCUT2D eigenvalue weighted by Crippen LogP contribution is -2.37. The van der Waals surface area contributed by atoms with E-state index < -0.39 is 9.84 Å². The maximum absolute atomic E-state index is 12.7. The summed E-state index contributed by atoms with van der Waals surface area (Å²) in [4.78, 5) is 19.1. The highest BCUT2D eigenvalue weighted by molar-refractivity contribution is 8.16. The summed E-state index contributed by atoms with van der Waals surface area (Å²) in [5.41, 5.74) is 1.93. The molecule has 1 aliphatic carbocycles. The smallest absolute Gasteiger partial charge is 0.248 e. The number of fused-ring (bicyclic) bond motifs is 1. The Balaban J connectivity index is 1.31. The van der Waals surface area contributed by atoms with E-state index in [1.54, 1.807) is 0 Å². The van der Waals surface area contributed by atoms with Gasteiger partial charge in [-0.25, -0.2) is 8.42 Å². The fourth-order valence-electron chi connectivity index (χ4n) is 5.10. The minimum Gasteiger partial charge on any atom is -0.489 e. The molecule has 180 valence electrons. The van der Waals surface area contributed by atoms with Gasteiger partial charge < -0.3 is 9.64 Å². The number of thioether (sulfide) groups is 1. The number of hydrogen-bond donors (Lipinski definition) is 0. The van der Waals surface area contributed by atoms with Crippen LogP contribution in [0.1, 0.15) is 44.1 Å². The van der Waals surface area contributed by atoms with E-state index >= 15 is 0 Å². The first kappa shape index (κ1) is 23.4. The van der Waals surface area contributed by atoms with Crippen LogP contribution in [-0.2, 0) is 21.2 Å². The van der Waals surface area contributed by atoms with Crippen molar-refractivity contribution in [2.24, 2.45) is 10.9 Å². The molecule has 0 N–H and O–H groups in total. The number of amides is 1. The molecular formula is C26H30N2O4S2. The van der Waals surface area contributed by atoms with Gasteiger partial charge in [-0.1, -0.05) is 67.8 Å². The number of carbonyl (C=O) groups is 1. The molecule has 1 saturated carbocycles. The molecule has 2 saturated heterocycles. The largest absolute Gasteiger partial charge is 0.489 e. The monoisotopic (exact) mass is 498 g/mol. The highest BCUT2D eigenvalue weighted by Gasteiger charge is 2.49. The summed E-state index contributed by atoms with van der Waals surface area (Å²) >= 11 is 1.43. The third-order valence-corrected chi connectivity index (χ3v) is 10.1. The number of sulfone groups is 1. The first-order valence-corrected chi connectivity index (χ1v) is 14.7. The molecule has 34 heavy (non-hydrogen) atoms. The summed E-state index contributed by atoms with van der Waals surface area (Å²) in [6, 6.07) is 17.4. The Kier molecular flexibility index (Phi) is 6.97. The van der Waals surface area contributed by atoms with Gasteiger partial charge in [-0.15, -0.1) is 0 Å². The van der Waals surface area contributed by atoms with Gasteiger partial charge in [0, 0.05) is 17.4 Å². The summed E-state index contributed by atoms with van der Waals surface area (Å²) in [6.07, 6.45) is 6.31. The summed E-state index contributed by atoms with van der Waals surface area (Å²) in [7, 11) is -3.09. The number of aliphatic imine (C=N–C) groups is 1. The third-order valence-electron chi connectivity index (χ3n) is 6.89. The normalized spacial score (nSPS) is 25.1. The zero-order valence-corrected chi connectivity index (χ0v) is 20.8. The van der Waals surface area contributed by atoms with Crippen LogP contribution in [0, 0.1) is 5.92 Å². The summed E-state index contributed by atoms with van der Waals surface area (Å²) in [6.45, 7) is 0.477. The molecular weight excluding hydrogens is 468 g/mol. The standard InChI is InChI=1S/C26H30N2O4S2/c29-25(15-10-19-6-4-5-7-19)27-26-28(23-17-34(30,31)18-24(23)33-26)21-11-13-22(14-12-21)32-16-20-8-2-1-3-9-20/h1-3,8-9,11-14,19,23-24H,4-7,10,15-18H2/t23-,24+/m0/s1. The Morgan fingerprint density at radius 2 is 1.76 bits per heavy atom. The van der Waals surface area contributed by atoms with Crippen molar-refractivity contribution in [3.63, 3.8) is 0 Å². The van der Waals surface area contributed by atoms with Gasteiger partial charge in [0.1, 0.15) is 12.4 Å². The van der Waals surface area contributed by atoms with E-state index in [0.717, 1.165) is 23.4 Å². The number of amidine groups is 1. The average molecular weight is 499 g/mol. The predicted molar refractivity (Wildman–Crippen MR) is 137 cm³/mol. The van der Waals surface area contributed by atoms with Gasteiger partial charge >= 0.3 is 0 Å². The van der Waals surface area contributed by atoms with Crippen LogP contribution in [0.4, 0.5) is 5.69 Å². The Labute approximate surface area is 205 Å². The molecule has 0 unspecified atom stereocenters. The molecule has 2 aromatic carbocycles. The lowest BCUT2D eigenvalue weighted by Gasteiger charge is -2.24. The molecule has 8 heteroatoms. The zero-order chi connectivity index (χ0) is 23.5. The lowest BCUT2D eigenvalue weighted by atomic mass is 10.0. The molecule has 0 aromatic heterocycles. The van der Waals surface area contributed by atoms with E-state index in [1.165, 1.54) is 37.4 Å². The van der Waals surface area contributed by atoms with Crippen molar-refractivity contribution in [3.8, 4) is 5.75 Å². The van der Waals surface area contributed by atoms with E-state index in [-0.39, 0.29) is 28.7 Å². The summed E-state index contributed by atoms with van der Waals surface area (Å²) < 4.78 is 30.5. The van der Waals surface area contributed by atoms with E-state index in [4.69, 9.17) is 4.74 Å². The van der Waals surface area contributed by atoms with E-state index in [2.05, 4.69) is 4.99 Å². The van der Waals surface area contributed by atoms with Gasteiger partial charge in [0.05, 0.1) is 17.5 Å². The maximum atomic E-state index is 12.7. The molecule has 0 radical (unpaired) electrons. The molecule has 1 amide bonds. The van der Waals surface area contributed by atoms with E-state index in [9.17, 15) is 13.2 Å². The number of carbonyl (C=O) groups excluding carboxylic acids is 1. The topological polar surface area (TPSA) is 76.0 Å². The van der Waals surface area contributed by atoms with Gasteiger partial charge in [0.25, 0.3) is 0 Å². The van der Waals surface area contributed by atoms with Crippen LogP contribution in [0.25, 0.3) is 0 Å². The van der Waals surface area contributed by atoms with Crippen molar-refractivity contribution in [1.82, 2.24) is 0 Å². The zero-order valence-electron chi connectivity index (χ0n) is 19.1. The van der Waals surface area contributed by atoms with Crippen LogP contribution in [0.3, 0.4) is 0 Å². The van der Waals surface area contributed by atoms with Crippen molar-refractivity contribution < 1.29 is 17.9 Å². The molecule has 2 aliphatic heterocycles. The third kappa shape index (κ3) is 5.49. The van der Waals surface area contributed by atoms with Crippen LogP contribution >= 0.6 is 11.8 Å². The second kappa shape index (κ2) is 10.1. The molecule has 0 bridgehead atoms. The molecule has 2 atom stereocenters. The second-order valence-corrected chi connectivity index (χ2v) is 12.8. The first-order chi connectivity index (χ1) is 16.5. The molecule has 6 nitrogen and oxygen atoms in total.